The molecular weight excluding hydrogens is 320 g/mol. The lowest BCUT2D eigenvalue weighted by Gasteiger charge is -2.27. The van der Waals surface area contributed by atoms with Crippen LogP contribution in [0.2, 0.25) is 0 Å². The molecule has 5 nitrogen and oxygen atoms in total. The molecule has 0 saturated carbocycles. The van der Waals surface area contributed by atoms with Crippen molar-refractivity contribution >= 4 is 21.8 Å². The van der Waals surface area contributed by atoms with Crippen molar-refractivity contribution < 1.29 is 4.79 Å². The van der Waals surface area contributed by atoms with E-state index in [2.05, 4.69) is 38.4 Å². The minimum absolute atomic E-state index is 0.0132. The molecule has 112 valence electrons. The van der Waals surface area contributed by atoms with Crippen molar-refractivity contribution in [2.75, 3.05) is 39.3 Å². The number of carbonyl (C=O) groups excluding carboxylic acids is 1. The molecule has 0 radical (unpaired) electrons. The number of rotatable bonds is 6. The molecule has 0 unspecified atom stereocenters. The third-order valence-electron chi connectivity index (χ3n) is 3.48. The first kappa shape index (κ1) is 15.5. The van der Waals surface area contributed by atoms with E-state index in [4.69, 9.17) is 0 Å². The first-order valence-electron chi connectivity index (χ1n) is 7.27. The van der Waals surface area contributed by atoms with Gasteiger partial charge in [-0.05, 0) is 28.4 Å². The summed E-state index contributed by atoms with van der Waals surface area (Å²) in [7, 11) is 0. The Kier molecular flexibility index (Phi) is 6.06. The number of aryl methyl sites for hydroxylation is 1. The van der Waals surface area contributed by atoms with E-state index < -0.39 is 0 Å². The van der Waals surface area contributed by atoms with E-state index in [1.54, 1.807) is 0 Å². The average Bonchev–Trinajstić information content (AvgIpc) is 2.81. The van der Waals surface area contributed by atoms with Crippen molar-refractivity contribution in [1.29, 1.82) is 0 Å². The van der Waals surface area contributed by atoms with Crippen LogP contribution in [0.25, 0.3) is 0 Å². The summed E-state index contributed by atoms with van der Waals surface area (Å²) in [4.78, 5) is 14.6. The smallest absolute Gasteiger partial charge is 0.267 e. The molecule has 6 heteroatoms. The van der Waals surface area contributed by atoms with E-state index in [9.17, 15) is 4.79 Å². The Morgan fingerprint density at radius 3 is 2.85 bits per heavy atom. The average molecular weight is 343 g/mol. The number of nitrogens with zero attached hydrogens (tertiary/aromatic N) is 2. The number of amides is 1. The minimum Gasteiger partial charge on any atom is -0.349 e. The van der Waals surface area contributed by atoms with Crippen LogP contribution >= 0.6 is 15.9 Å². The van der Waals surface area contributed by atoms with Gasteiger partial charge in [-0.25, -0.2) is 0 Å². The standard InChI is InChI=1S/C14H23BrN4O/c1-2-6-19-11-12(15)10-13(19)14(20)17-5-9-18-7-3-16-4-8-18/h10-11,16H,2-9H2,1H3,(H,17,20). The Labute approximate surface area is 128 Å². The third kappa shape index (κ3) is 4.33. The molecule has 1 saturated heterocycles. The van der Waals surface area contributed by atoms with Gasteiger partial charge in [0.1, 0.15) is 5.69 Å². The summed E-state index contributed by atoms with van der Waals surface area (Å²) in [5.41, 5.74) is 0.735. The van der Waals surface area contributed by atoms with Crippen LogP contribution in [0.1, 0.15) is 23.8 Å². The molecule has 1 aliphatic rings. The fraction of sp³-hybridized carbons (Fsp3) is 0.643. The number of piperazine rings is 1. The second-order valence-corrected chi connectivity index (χ2v) is 6.00. The predicted octanol–water partition coefficient (Wildman–Crippen LogP) is 1.30. The van der Waals surface area contributed by atoms with Crippen LogP contribution in [0, 0.1) is 0 Å². The van der Waals surface area contributed by atoms with Crippen LogP contribution in [-0.2, 0) is 6.54 Å². The lowest BCUT2D eigenvalue weighted by atomic mass is 10.3. The maximum absolute atomic E-state index is 12.2. The van der Waals surface area contributed by atoms with E-state index in [1.807, 2.05) is 16.8 Å². The summed E-state index contributed by atoms with van der Waals surface area (Å²) >= 11 is 3.44. The topological polar surface area (TPSA) is 49.3 Å². The number of aromatic nitrogens is 1. The van der Waals surface area contributed by atoms with Crippen LogP contribution in [0.15, 0.2) is 16.7 Å². The van der Waals surface area contributed by atoms with Gasteiger partial charge < -0.3 is 15.2 Å². The fourth-order valence-electron chi connectivity index (χ4n) is 2.44. The Morgan fingerprint density at radius 2 is 2.15 bits per heavy atom. The summed E-state index contributed by atoms with van der Waals surface area (Å²) in [5.74, 6) is 0.0132. The molecule has 2 N–H and O–H groups in total. The number of hydrogen-bond donors (Lipinski definition) is 2. The van der Waals surface area contributed by atoms with Crippen LogP contribution in [0.4, 0.5) is 0 Å². The van der Waals surface area contributed by atoms with E-state index in [0.29, 0.717) is 6.54 Å². The molecule has 0 aromatic carbocycles. The summed E-state index contributed by atoms with van der Waals surface area (Å²) in [6.07, 6.45) is 2.98. The number of halogens is 1. The molecule has 1 aromatic heterocycles. The molecule has 2 heterocycles. The fourth-order valence-corrected chi connectivity index (χ4v) is 2.91. The Morgan fingerprint density at radius 1 is 1.40 bits per heavy atom. The number of carbonyl (C=O) groups is 1. The zero-order valence-electron chi connectivity index (χ0n) is 12.0. The highest BCUT2D eigenvalue weighted by Gasteiger charge is 2.13. The van der Waals surface area contributed by atoms with Gasteiger partial charge in [-0.2, -0.15) is 0 Å². The van der Waals surface area contributed by atoms with Gasteiger partial charge in [-0.3, -0.25) is 9.69 Å². The third-order valence-corrected chi connectivity index (χ3v) is 3.92. The van der Waals surface area contributed by atoms with Crippen molar-refractivity contribution in [2.24, 2.45) is 0 Å². The molecule has 0 atom stereocenters. The maximum Gasteiger partial charge on any atom is 0.267 e. The van der Waals surface area contributed by atoms with Gasteiger partial charge in [0.2, 0.25) is 0 Å². The molecule has 0 aliphatic carbocycles. The summed E-state index contributed by atoms with van der Waals surface area (Å²) in [5, 5.41) is 6.34. The van der Waals surface area contributed by atoms with Crippen molar-refractivity contribution in [1.82, 2.24) is 20.1 Å². The van der Waals surface area contributed by atoms with Crippen LogP contribution in [-0.4, -0.2) is 54.6 Å². The molecule has 1 aromatic rings. The SMILES string of the molecule is CCCn1cc(Br)cc1C(=O)NCCN1CCNCC1. The first-order valence-corrected chi connectivity index (χ1v) is 8.07. The largest absolute Gasteiger partial charge is 0.349 e. The van der Waals surface area contributed by atoms with Gasteiger partial charge in [-0.1, -0.05) is 6.92 Å². The van der Waals surface area contributed by atoms with Crippen molar-refractivity contribution in [3.8, 4) is 0 Å². The molecule has 1 aliphatic heterocycles. The number of nitrogens with one attached hydrogen (secondary N) is 2. The summed E-state index contributed by atoms with van der Waals surface area (Å²) in [6.45, 7) is 8.81. The lowest BCUT2D eigenvalue weighted by Crippen LogP contribution is -2.46. The normalized spacial score (nSPS) is 16.3. The molecule has 0 bridgehead atoms. The molecule has 2 rings (SSSR count). The first-order chi connectivity index (χ1) is 9.70. The molecule has 0 spiro atoms. The second-order valence-electron chi connectivity index (χ2n) is 5.08. The van der Waals surface area contributed by atoms with Gasteiger partial charge in [0.05, 0.1) is 0 Å². The molecule has 20 heavy (non-hydrogen) atoms. The predicted molar refractivity (Wildman–Crippen MR) is 84.1 cm³/mol. The zero-order chi connectivity index (χ0) is 14.4. The van der Waals surface area contributed by atoms with Crippen molar-refractivity contribution in [3.05, 3.63) is 22.4 Å². The molecule has 1 amide bonds. The zero-order valence-corrected chi connectivity index (χ0v) is 13.6. The van der Waals surface area contributed by atoms with Crippen LogP contribution in [0.3, 0.4) is 0 Å². The van der Waals surface area contributed by atoms with E-state index in [0.717, 1.165) is 55.9 Å². The quantitative estimate of drug-likeness (QED) is 0.819. The monoisotopic (exact) mass is 342 g/mol. The highest BCUT2D eigenvalue weighted by Crippen LogP contribution is 2.15. The van der Waals surface area contributed by atoms with Gasteiger partial charge in [0, 0.05) is 56.5 Å². The highest BCUT2D eigenvalue weighted by atomic mass is 79.9. The van der Waals surface area contributed by atoms with E-state index >= 15 is 0 Å². The summed E-state index contributed by atoms with van der Waals surface area (Å²) < 4.78 is 2.96. The van der Waals surface area contributed by atoms with E-state index in [-0.39, 0.29) is 5.91 Å². The Hall–Kier alpha value is -0.850. The van der Waals surface area contributed by atoms with Crippen molar-refractivity contribution in [2.45, 2.75) is 19.9 Å². The van der Waals surface area contributed by atoms with E-state index in [1.165, 1.54) is 0 Å². The Bertz CT molecular complexity index is 440. The second kappa shape index (κ2) is 7.81. The van der Waals surface area contributed by atoms with Gasteiger partial charge in [-0.15, -0.1) is 0 Å². The lowest BCUT2D eigenvalue weighted by molar-refractivity contribution is 0.0938. The summed E-state index contributed by atoms with van der Waals surface area (Å²) in [6, 6.07) is 1.88. The van der Waals surface area contributed by atoms with Crippen molar-refractivity contribution in [3.63, 3.8) is 0 Å². The Balaban J connectivity index is 1.81. The van der Waals surface area contributed by atoms with Gasteiger partial charge >= 0.3 is 0 Å². The number of hydrogen-bond acceptors (Lipinski definition) is 3. The molecular formula is C14H23BrN4O. The highest BCUT2D eigenvalue weighted by molar-refractivity contribution is 9.10. The van der Waals surface area contributed by atoms with Crippen LogP contribution in [0.5, 0.6) is 0 Å². The minimum atomic E-state index is 0.0132. The van der Waals surface area contributed by atoms with Gasteiger partial charge in [0.15, 0.2) is 0 Å². The molecule has 1 fully saturated rings. The van der Waals surface area contributed by atoms with Gasteiger partial charge in [0.25, 0.3) is 5.91 Å². The maximum atomic E-state index is 12.2. The van der Waals surface area contributed by atoms with Crippen LogP contribution < -0.4 is 10.6 Å².